The number of anilines is 2. The van der Waals surface area contributed by atoms with Crippen LogP contribution in [0.4, 0.5) is 11.4 Å². The van der Waals surface area contributed by atoms with Gasteiger partial charge in [0.05, 0.1) is 6.61 Å². The lowest BCUT2D eigenvalue weighted by atomic mass is 10.1. The summed E-state index contributed by atoms with van der Waals surface area (Å²) in [5, 5.41) is 5.49. The molecule has 114 valence electrons. The minimum Gasteiger partial charge on any atom is -0.380 e. The Labute approximate surface area is 129 Å². The van der Waals surface area contributed by atoms with Crippen molar-refractivity contribution in [3.63, 3.8) is 0 Å². The second kappa shape index (κ2) is 7.38. The Morgan fingerprint density at radius 3 is 2.36 bits per heavy atom. The van der Waals surface area contributed by atoms with Gasteiger partial charge in [-0.2, -0.15) is 0 Å². The van der Waals surface area contributed by atoms with Crippen LogP contribution in [0.15, 0.2) is 48.5 Å². The molecule has 0 spiro atoms. The van der Waals surface area contributed by atoms with Gasteiger partial charge < -0.3 is 15.4 Å². The molecule has 0 radical (unpaired) electrons. The van der Waals surface area contributed by atoms with Crippen LogP contribution in [0.25, 0.3) is 0 Å². The minimum atomic E-state index is -0.205. The van der Waals surface area contributed by atoms with E-state index in [9.17, 15) is 9.59 Å². The van der Waals surface area contributed by atoms with Crippen LogP contribution < -0.4 is 10.6 Å². The summed E-state index contributed by atoms with van der Waals surface area (Å²) in [4.78, 5) is 23.1. The van der Waals surface area contributed by atoms with Crippen molar-refractivity contribution in [1.82, 2.24) is 0 Å². The Kier molecular flexibility index (Phi) is 5.27. The molecule has 0 unspecified atom stereocenters. The zero-order chi connectivity index (χ0) is 15.9. The quantitative estimate of drug-likeness (QED) is 0.891. The highest BCUT2D eigenvalue weighted by Gasteiger charge is 2.07. The fraction of sp³-hybridized carbons (Fsp3) is 0.176. The number of carbonyl (C=O) groups is 2. The summed E-state index contributed by atoms with van der Waals surface area (Å²) in [6.07, 6.45) is 0. The zero-order valence-corrected chi connectivity index (χ0v) is 12.6. The van der Waals surface area contributed by atoms with Gasteiger partial charge in [0, 0.05) is 31.0 Å². The molecule has 2 amide bonds. The van der Waals surface area contributed by atoms with E-state index < -0.39 is 0 Å². The van der Waals surface area contributed by atoms with Crippen LogP contribution in [0.5, 0.6) is 0 Å². The van der Waals surface area contributed by atoms with Gasteiger partial charge in [0.2, 0.25) is 5.91 Å². The van der Waals surface area contributed by atoms with E-state index in [4.69, 9.17) is 4.74 Å². The van der Waals surface area contributed by atoms with Gasteiger partial charge in [-0.3, -0.25) is 9.59 Å². The highest BCUT2D eigenvalue weighted by atomic mass is 16.5. The molecule has 0 aromatic heterocycles. The van der Waals surface area contributed by atoms with E-state index in [1.54, 1.807) is 31.4 Å². The predicted octanol–water partition coefficient (Wildman–Crippen LogP) is 3.04. The van der Waals surface area contributed by atoms with Crippen LogP contribution in [0.3, 0.4) is 0 Å². The number of carbonyl (C=O) groups excluding carboxylic acids is 2. The largest absolute Gasteiger partial charge is 0.380 e. The molecule has 0 atom stereocenters. The Bertz CT molecular complexity index is 666. The van der Waals surface area contributed by atoms with Crippen LogP contribution in [-0.2, 0) is 16.1 Å². The van der Waals surface area contributed by atoms with E-state index in [1.165, 1.54) is 6.92 Å². The average molecular weight is 298 g/mol. The summed E-state index contributed by atoms with van der Waals surface area (Å²) in [7, 11) is 1.63. The summed E-state index contributed by atoms with van der Waals surface area (Å²) < 4.78 is 5.07. The lowest BCUT2D eigenvalue weighted by molar-refractivity contribution is -0.114. The zero-order valence-electron chi connectivity index (χ0n) is 12.6. The molecule has 2 aromatic carbocycles. The first kappa shape index (κ1) is 15.7. The van der Waals surface area contributed by atoms with Crippen molar-refractivity contribution in [2.24, 2.45) is 0 Å². The van der Waals surface area contributed by atoms with Gasteiger partial charge in [-0.15, -0.1) is 0 Å². The first-order chi connectivity index (χ1) is 10.6. The van der Waals surface area contributed by atoms with Crippen molar-refractivity contribution in [2.75, 3.05) is 17.7 Å². The van der Waals surface area contributed by atoms with Crippen molar-refractivity contribution in [2.45, 2.75) is 13.5 Å². The standard InChI is InChI=1S/C17H18N2O3/c1-12(20)18-15-8-6-14(7-9-15)17(21)19-16-5-3-4-13(10-16)11-22-2/h3-10H,11H2,1-2H3,(H,18,20)(H,19,21). The van der Waals surface area contributed by atoms with Crippen LogP contribution in [-0.4, -0.2) is 18.9 Å². The first-order valence-electron chi connectivity index (χ1n) is 6.85. The third kappa shape index (κ3) is 4.43. The topological polar surface area (TPSA) is 67.4 Å². The van der Waals surface area contributed by atoms with E-state index >= 15 is 0 Å². The van der Waals surface area contributed by atoms with Crippen LogP contribution in [0.1, 0.15) is 22.8 Å². The maximum absolute atomic E-state index is 12.2. The van der Waals surface area contributed by atoms with E-state index in [-0.39, 0.29) is 11.8 Å². The lowest BCUT2D eigenvalue weighted by Crippen LogP contribution is -2.12. The van der Waals surface area contributed by atoms with Crippen molar-refractivity contribution >= 4 is 23.2 Å². The van der Waals surface area contributed by atoms with E-state index in [2.05, 4.69) is 10.6 Å². The number of amides is 2. The number of hydrogen-bond donors (Lipinski definition) is 2. The smallest absolute Gasteiger partial charge is 0.255 e. The molecule has 0 heterocycles. The van der Waals surface area contributed by atoms with Crippen molar-refractivity contribution < 1.29 is 14.3 Å². The van der Waals surface area contributed by atoms with E-state index in [0.29, 0.717) is 23.5 Å². The fourth-order valence-electron chi connectivity index (χ4n) is 2.02. The van der Waals surface area contributed by atoms with Gasteiger partial charge in [-0.05, 0) is 42.0 Å². The summed E-state index contributed by atoms with van der Waals surface area (Å²) in [5.74, 6) is -0.351. The predicted molar refractivity (Wildman–Crippen MR) is 85.9 cm³/mol. The normalized spacial score (nSPS) is 10.1. The van der Waals surface area contributed by atoms with Gasteiger partial charge in [-0.1, -0.05) is 12.1 Å². The summed E-state index contributed by atoms with van der Waals surface area (Å²) in [5.41, 5.74) is 2.88. The van der Waals surface area contributed by atoms with Gasteiger partial charge >= 0.3 is 0 Å². The Morgan fingerprint density at radius 1 is 1.00 bits per heavy atom. The second-order valence-electron chi connectivity index (χ2n) is 4.85. The number of methoxy groups -OCH3 is 1. The Balaban J connectivity index is 2.05. The van der Waals surface area contributed by atoms with Crippen LogP contribution >= 0.6 is 0 Å². The molecule has 0 bridgehead atoms. The molecule has 2 aromatic rings. The molecule has 2 N–H and O–H groups in total. The van der Waals surface area contributed by atoms with E-state index in [1.807, 2.05) is 24.3 Å². The molecule has 0 aliphatic carbocycles. The molecule has 0 saturated carbocycles. The third-order valence-corrected chi connectivity index (χ3v) is 2.96. The summed E-state index contributed by atoms with van der Waals surface area (Å²) in [6, 6.07) is 14.2. The molecule has 5 heteroatoms. The highest BCUT2D eigenvalue weighted by Crippen LogP contribution is 2.14. The molecule has 5 nitrogen and oxygen atoms in total. The molecule has 0 aliphatic rings. The van der Waals surface area contributed by atoms with E-state index in [0.717, 1.165) is 5.56 Å². The minimum absolute atomic E-state index is 0.146. The number of hydrogen-bond acceptors (Lipinski definition) is 3. The SMILES string of the molecule is COCc1cccc(NC(=O)c2ccc(NC(C)=O)cc2)c1. The van der Waals surface area contributed by atoms with Gasteiger partial charge in [0.1, 0.15) is 0 Å². The monoisotopic (exact) mass is 298 g/mol. The molecular weight excluding hydrogens is 280 g/mol. The summed E-state index contributed by atoms with van der Waals surface area (Å²) >= 11 is 0. The molecular formula is C17H18N2O3. The van der Waals surface area contributed by atoms with Gasteiger partial charge in [0.25, 0.3) is 5.91 Å². The number of ether oxygens (including phenoxy) is 1. The highest BCUT2D eigenvalue weighted by molar-refractivity contribution is 6.04. The first-order valence-corrected chi connectivity index (χ1v) is 6.85. The second-order valence-corrected chi connectivity index (χ2v) is 4.85. The average Bonchev–Trinajstić information content (AvgIpc) is 2.48. The summed E-state index contributed by atoms with van der Waals surface area (Å²) in [6.45, 7) is 1.93. The van der Waals surface area contributed by atoms with Gasteiger partial charge in [-0.25, -0.2) is 0 Å². The van der Waals surface area contributed by atoms with Crippen molar-refractivity contribution in [3.8, 4) is 0 Å². The molecule has 0 saturated heterocycles. The maximum Gasteiger partial charge on any atom is 0.255 e. The molecule has 22 heavy (non-hydrogen) atoms. The van der Waals surface area contributed by atoms with Crippen molar-refractivity contribution in [3.05, 3.63) is 59.7 Å². The number of nitrogens with one attached hydrogen (secondary N) is 2. The third-order valence-electron chi connectivity index (χ3n) is 2.96. The van der Waals surface area contributed by atoms with Crippen LogP contribution in [0, 0.1) is 0 Å². The number of rotatable bonds is 5. The molecule has 0 aliphatic heterocycles. The fourth-order valence-corrected chi connectivity index (χ4v) is 2.02. The molecule has 2 rings (SSSR count). The lowest BCUT2D eigenvalue weighted by Gasteiger charge is -2.08. The van der Waals surface area contributed by atoms with Crippen LogP contribution in [0.2, 0.25) is 0 Å². The number of benzene rings is 2. The van der Waals surface area contributed by atoms with Gasteiger partial charge in [0.15, 0.2) is 0 Å². The maximum atomic E-state index is 12.2. The van der Waals surface area contributed by atoms with Crippen molar-refractivity contribution in [1.29, 1.82) is 0 Å². The molecule has 0 fully saturated rings. The Morgan fingerprint density at radius 2 is 1.73 bits per heavy atom. The Hall–Kier alpha value is -2.66.